The number of aryl methyl sites for hydroxylation is 2. The topological polar surface area (TPSA) is 74.6 Å². The van der Waals surface area contributed by atoms with Crippen molar-refractivity contribution in [3.8, 4) is 11.5 Å². The number of rotatable bonds is 6. The molecule has 2 rings (SSSR count). The average Bonchev–Trinajstić information content (AvgIpc) is 2.52. The number of ketones is 2. The number of carbonyl (C=O) groups is 2. The number of phenolic OH excluding ortho intramolecular Hbond substituents is 2. The van der Waals surface area contributed by atoms with Gasteiger partial charge in [0.15, 0.2) is 11.6 Å². The van der Waals surface area contributed by atoms with Crippen molar-refractivity contribution in [3.63, 3.8) is 0 Å². The van der Waals surface area contributed by atoms with E-state index in [2.05, 4.69) is 0 Å². The summed E-state index contributed by atoms with van der Waals surface area (Å²) in [4.78, 5) is 24.2. The summed E-state index contributed by atoms with van der Waals surface area (Å²) in [6.45, 7) is 3.48. The monoisotopic (exact) mass is 312 g/mol. The van der Waals surface area contributed by atoms with E-state index in [1.807, 2.05) is 0 Å². The fourth-order valence-corrected chi connectivity index (χ4v) is 2.36. The first-order chi connectivity index (χ1) is 10.9. The predicted octanol–water partition coefficient (Wildman–Crippen LogP) is 3.95. The molecule has 2 aromatic carbocycles. The molecule has 0 atom stereocenters. The van der Waals surface area contributed by atoms with Gasteiger partial charge in [0, 0.05) is 24.0 Å². The first kappa shape index (κ1) is 16.7. The molecule has 0 aliphatic rings. The second-order valence-electron chi connectivity index (χ2n) is 5.70. The van der Waals surface area contributed by atoms with Crippen molar-refractivity contribution >= 4 is 11.6 Å². The first-order valence-corrected chi connectivity index (χ1v) is 7.54. The predicted molar refractivity (Wildman–Crippen MR) is 88.2 cm³/mol. The molecular weight excluding hydrogens is 292 g/mol. The van der Waals surface area contributed by atoms with Crippen molar-refractivity contribution in [1.29, 1.82) is 0 Å². The number of hydrogen-bond acceptors (Lipinski definition) is 4. The van der Waals surface area contributed by atoms with Gasteiger partial charge in [-0.15, -0.1) is 0 Å². The number of aromatic hydroxyl groups is 2. The molecule has 0 unspecified atom stereocenters. The van der Waals surface area contributed by atoms with E-state index in [-0.39, 0.29) is 35.9 Å². The van der Waals surface area contributed by atoms with Crippen molar-refractivity contribution in [3.05, 3.63) is 58.7 Å². The summed E-state index contributed by atoms with van der Waals surface area (Å²) in [5.41, 5.74) is 2.42. The Hall–Kier alpha value is -2.62. The molecule has 4 heteroatoms. The van der Waals surface area contributed by atoms with Crippen molar-refractivity contribution in [2.24, 2.45) is 0 Å². The SMILES string of the molecule is Cc1cc(C(=O)CCCC(=O)c2ccc(O)c(C)c2)ccc1O. The lowest BCUT2D eigenvalue weighted by Crippen LogP contribution is -2.03. The summed E-state index contributed by atoms with van der Waals surface area (Å²) >= 11 is 0. The highest BCUT2D eigenvalue weighted by atomic mass is 16.3. The van der Waals surface area contributed by atoms with E-state index in [1.165, 1.54) is 12.1 Å². The number of carbonyl (C=O) groups excluding carboxylic acids is 2. The smallest absolute Gasteiger partial charge is 0.162 e. The minimum absolute atomic E-state index is 0.0391. The second-order valence-corrected chi connectivity index (χ2v) is 5.70. The molecule has 0 aromatic heterocycles. The number of benzene rings is 2. The molecule has 4 nitrogen and oxygen atoms in total. The fraction of sp³-hybridized carbons (Fsp3) is 0.263. The van der Waals surface area contributed by atoms with Gasteiger partial charge in [0.2, 0.25) is 0 Å². The highest BCUT2D eigenvalue weighted by molar-refractivity contribution is 5.98. The maximum absolute atomic E-state index is 12.1. The van der Waals surface area contributed by atoms with Gasteiger partial charge in [-0.25, -0.2) is 0 Å². The Morgan fingerprint density at radius 2 is 1.17 bits per heavy atom. The van der Waals surface area contributed by atoms with Crippen LogP contribution in [0, 0.1) is 13.8 Å². The Balaban J connectivity index is 1.91. The molecule has 0 heterocycles. The standard InChI is InChI=1S/C19H20O4/c1-12-10-14(6-8-16(12)20)18(22)4-3-5-19(23)15-7-9-17(21)13(2)11-15/h6-11,20-21H,3-5H2,1-2H3. The molecule has 2 N–H and O–H groups in total. The van der Waals surface area contributed by atoms with E-state index in [9.17, 15) is 19.8 Å². The van der Waals surface area contributed by atoms with Crippen LogP contribution in [0.1, 0.15) is 51.1 Å². The Morgan fingerprint density at radius 1 is 0.783 bits per heavy atom. The highest BCUT2D eigenvalue weighted by Gasteiger charge is 2.11. The third-order valence-electron chi connectivity index (χ3n) is 3.85. The van der Waals surface area contributed by atoms with Gasteiger partial charge < -0.3 is 10.2 Å². The summed E-state index contributed by atoms with van der Waals surface area (Å²) in [6.07, 6.45) is 1.04. The molecule has 0 saturated carbocycles. The molecule has 0 spiro atoms. The molecule has 0 aliphatic heterocycles. The van der Waals surface area contributed by atoms with E-state index in [4.69, 9.17) is 0 Å². The number of hydrogen-bond donors (Lipinski definition) is 2. The molecule has 2 aromatic rings. The van der Waals surface area contributed by atoms with Gasteiger partial charge in [0.25, 0.3) is 0 Å². The van der Waals surface area contributed by atoms with Gasteiger partial charge in [-0.1, -0.05) is 0 Å². The Bertz CT molecular complexity index is 684. The summed E-state index contributed by atoms with van der Waals surface area (Å²) in [5.74, 6) is 0.254. The van der Waals surface area contributed by atoms with E-state index < -0.39 is 0 Å². The summed E-state index contributed by atoms with van der Waals surface area (Å²) < 4.78 is 0. The van der Waals surface area contributed by atoms with Gasteiger partial charge in [-0.3, -0.25) is 9.59 Å². The molecule has 0 aliphatic carbocycles. The molecule has 0 amide bonds. The summed E-state index contributed by atoms with van der Waals surface area (Å²) in [6, 6.07) is 9.51. The molecule has 0 saturated heterocycles. The van der Waals surface area contributed by atoms with Gasteiger partial charge >= 0.3 is 0 Å². The lowest BCUT2D eigenvalue weighted by atomic mass is 9.99. The maximum Gasteiger partial charge on any atom is 0.162 e. The van der Waals surface area contributed by atoms with Crippen LogP contribution in [0.25, 0.3) is 0 Å². The Morgan fingerprint density at radius 3 is 1.52 bits per heavy atom. The van der Waals surface area contributed by atoms with Crippen LogP contribution in [0.15, 0.2) is 36.4 Å². The van der Waals surface area contributed by atoms with Crippen LogP contribution in [0.4, 0.5) is 0 Å². The van der Waals surface area contributed by atoms with Crippen LogP contribution in [-0.2, 0) is 0 Å². The average molecular weight is 312 g/mol. The van der Waals surface area contributed by atoms with Crippen LogP contribution in [0.3, 0.4) is 0 Å². The molecule has 0 radical (unpaired) electrons. The van der Waals surface area contributed by atoms with Gasteiger partial charge in [0.1, 0.15) is 11.5 Å². The van der Waals surface area contributed by atoms with Crippen molar-refractivity contribution < 1.29 is 19.8 Å². The Kier molecular flexibility index (Phi) is 5.16. The van der Waals surface area contributed by atoms with Gasteiger partial charge in [0.05, 0.1) is 0 Å². The zero-order valence-electron chi connectivity index (χ0n) is 13.3. The largest absolute Gasteiger partial charge is 0.508 e. The molecular formula is C19H20O4. The minimum Gasteiger partial charge on any atom is -0.508 e. The second kappa shape index (κ2) is 7.09. The number of Topliss-reactive ketones (excluding diaryl/α,β-unsaturated/α-hetero) is 2. The highest BCUT2D eigenvalue weighted by Crippen LogP contribution is 2.20. The van der Waals surface area contributed by atoms with Crippen LogP contribution >= 0.6 is 0 Å². The van der Waals surface area contributed by atoms with E-state index in [0.29, 0.717) is 28.7 Å². The van der Waals surface area contributed by atoms with Crippen molar-refractivity contribution in [2.45, 2.75) is 33.1 Å². The number of phenols is 2. The lowest BCUT2D eigenvalue weighted by Gasteiger charge is -2.05. The minimum atomic E-state index is -0.0391. The summed E-state index contributed by atoms with van der Waals surface area (Å²) in [5, 5.41) is 18.9. The van der Waals surface area contributed by atoms with Crippen LogP contribution in [0.2, 0.25) is 0 Å². The van der Waals surface area contributed by atoms with E-state index >= 15 is 0 Å². The fourth-order valence-electron chi connectivity index (χ4n) is 2.36. The van der Waals surface area contributed by atoms with Crippen LogP contribution < -0.4 is 0 Å². The van der Waals surface area contributed by atoms with Crippen molar-refractivity contribution in [1.82, 2.24) is 0 Å². The maximum atomic E-state index is 12.1. The third kappa shape index (κ3) is 4.19. The van der Waals surface area contributed by atoms with Gasteiger partial charge in [-0.05, 0) is 67.8 Å². The first-order valence-electron chi connectivity index (χ1n) is 7.54. The zero-order chi connectivity index (χ0) is 17.0. The molecule has 120 valence electrons. The van der Waals surface area contributed by atoms with E-state index in [0.717, 1.165) is 0 Å². The lowest BCUT2D eigenvalue weighted by molar-refractivity contribution is 0.0957. The molecule has 0 fully saturated rings. The molecule has 0 bridgehead atoms. The van der Waals surface area contributed by atoms with Crippen LogP contribution in [0.5, 0.6) is 11.5 Å². The Labute approximate surface area is 135 Å². The molecule has 23 heavy (non-hydrogen) atoms. The van der Waals surface area contributed by atoms with Crippen molar-refractivity contribution in [2.75, 3.05) is 0 Å². The zero-order valence-corrected chi connectivity index (χ0v) is 13.3. The normalized spacial score (nSPS) is 10.5. The van der Waals surface area contributed by atoms with Gasteiger partial charge in [-0.2, -0.15) is 0 Å². The van der Waals surface area contributed by atoms with Crippen LogP contribution in [-0.4, -0.2) is 21.8 Å². The van der Waals surface area contributed by atoms with E-state index in [1.54, 1.807) is 38.1 Å². The summed E-state index contributed by atoms with van der Waals surface area (Å²) in [7, 11) is 0. The quantitative estimate of drug-likeness (QED) is 0.792. The third-order valence-corrected chi connectivity index (χ3v) is 3.85.